The molecule has 5 nitrogen and oxygen atoms in total. The van der Waals surface area contributed by atoms with Crippen molar-refractivity contribution in [2.75, 3.05) is 13.7 Å². The van der Waals surface area contributed by atoms with Crippen LogP contribution in [0.2, 0.25) is 0 Å². The standard InChI is InChI=1S/C14H21NO4/c1-4-12(14(16)18-5-2)19-13-8-11(17-3)7-6-10(13)9-15/h6-8,12H,4-5,9,15H2,1-3H3. The number of carbonyl (C=O) groups is 1. The lowest BCUT2D eigenvalue weighted by molar-refractivity contribution is -0.151. The molecule has 1 atom stereocenters. The Labute approximate surface area is 113 Å². The Morgan fingerprint density at radius 1 is 1.37 bits per heavy atom. The summed E-state index contributed by atoms with van der Waals surface area (Å²) >= 11 is 0. The SMILES string of the molecule is CCOC(=O)C(CC)Oc1cc(OC)ccc1CN. The normalized spacial score (nSPS) is 11.8. The predicted molar refractivity (Wildman–Crippen MR) is 72.2 cm³/mol. The van der Waals surface area contributed by atoms with Crippen LogP contribution in [0, 0.1) is 0 Å². The molecule has 19 heavy (non-hydrogen) atoms. The largest absolute Gasteiger partial charge is 0.497 e. The molecule has 0 fully saturated rings. The van der Waals surface area contributed by atoms with E-state index >= 15 is 0 Å². The van der Waals surface area contributed by atoms with E-state index in [0.717, 1.165) is 5.56 Å². The molecule has 0 aliphatic carbocycles. The van der Waals surface area contributed by atoms with Crippen LogP contribution in [0.4, 0.5) is 0 Å². The Morgan fingerprint density at radius 3 is 2.63 bits per heavy atom. The van der Waals surface area contributed by atoms with Gasteiger partial charge in [-0.3, -0.25) is 0 Å². The Hall–Kier alpha value is -1.75. The number of ether oxygens (including phenoxy) is 3. The summed E-state index contributed by atoms with van der Waals surface area (Å²) in [5, 5.41) is 0. The Bertz CT molecular complexity index is 420. The van der Waals surface area contributed by atoms with Gasteiger partial charge in [0.15, 0.2) is 6.10 Å². The molecule has 1 aromatic carbocycles. The van der Waals surface area contributed by atoms with Gasteiger partial charge in [0.25, 0.3) is 0 Å². The first-order valence-electron chi connectivity index (χ1n) is 6.36. The van der Waals surface area contributed by atoms with Gasteiger partial charge >= 0.3 is 5.97 Å². The second-order valence-electron chi connectivity index (χ2n) is 3.94. The average molecular weight is 267 g/mol. The number of carbonyl (C=O) groups excluding carboxylic acids is 1. The quantitative estimate of drug-likeness (QED) is 0.764. The first-order chi connectivity index (χ1) is 9.15. The van der Waals surface area contributed by atoms with Crippen molar-refractivity contribution < 1.29 is 19.0 Å². The van der Waals surface area contributed by atoms with E-state index in [0.29, 0.717) is 31.1 Å². The highest BCUT2D eigenvalue weighted by molar-refractivity contribution is 5.75. The van der Waals surface area contributed by atoms with Crippen LogP contribution in [0.5, 0.6) is 11.5 Å². The van der Waals surface area contributed by atoms with Gasteiger partial charge < -0.3 is 19.9 Å². The summed E-state index contributed by atoms with van der Waals surface area (Å²) in [6.07, 6.45) is -0.0996. The third kappa shape index (κ3) is 4.13. The lowest BCUT2D eigenvalue weighted by atomic mass is 10.2. The summed E-state index contributed by atoms with van der Waals surface area (Å²) in [6.45, 7) is 4.30. The molecule has 1 rings (SSSR count). The first kappa shape index (κ1) is 15.3. The fourth-order valence-corrected chi connectivity index (χ4v) is 1.63. The lowest BCUT2D eigenvalue weighted by Gasteiger charge is -2.18. The summed E-state index contributed by atoms with van der Waals surface area (Å²) in [5.74, 6) is 0.850. The third-order valence-corrected chi connectivity index (χ3v) is 2.68. The maximum absolute atomic E-state index is 11.7. The van der Waals surface area contributed by atoms with Gasteiger partial charge in [-0.05, 0) is 19.4 Å². The number of esters is 1. The van der Waals surface area contributed by atoms with E-state index in [1.54, 1.807) is 26.2 Å². The molecular formula is C14H21NO4. The zero-order valence-corrected chi connectivity index (χ0v) is 11.6. The van der Waals surface area contributed by atoms with Crippen LogP contribution in [0.15, 0.2) is 18.2 Å². The van der Waals surface area contributed by atoms with Gasteiger partial charge in [0.1, 0.15) is 11.5 Å². The average Bonchev–Trinajstić information content (AvgIpc) is 2.44. The molecule has 5 heteroatoms. The van der Waals surface area contributed by atoms with Gasteiger partial charge in [-0.15, -0.1) is 0 Å². The number of hydrogen-bond donors (Lipinski definition) is 1. The van der Waals surface area contributed by atoms with Crippen LogP contribution in [0.3, 0.4) is 0 Å². The Balaban J connectivity index is 2.91. The molecule has 0 saturated heterocycles. The van der Waals surface area contributed by atoms with Crippen LogP contribution < -0.4 is 15.2 Å². The molecule has 106 valence electrons. The van der Waals surface area contributed by atoms with Gasteiger partial charge in [0.05, 0.1) is 13.7 Å². The molecule has 0 aliphatic heterocycles. The van der Waals surface area contributed by atoms with E-state index in [1.165, 1.54) is 0 Å². The third-order valence-electron chi connectivity index (χ3n) is 2.68. The highest BCUT2D eigenvalue weighted by Crippen LogP contribution is 2.26. The Kier molecular flexibility index (Phi) is 6.15. The smallest absolute Gasteiger partial charge is 0.347 e. The van der Waals surface area contributed by atoms with Crippen molar-refractivity contribution in [3.05, 3.63) is 23.8 Å². The number of rotatable bonds is 7. The van der Waals surface area contributed by atoms with Crippen molar-refractivity contribution in [1.82, 2.24) is 0 Å². The molecule has 1 aromatic rings. The van der Waals surface area contributed by atoms with E-state index in [-0.39, 0.29) is 5.97 Å². The van der Waals surface area contributed by atoms with Gasteiger partial charge in [0, 0.05) is 18.2 Å². The van der Waals surface area contributed by atoms with Crippen LogP contribution >= 0.6 is 0 Å². The molecule has 0 aliphatic rings. The van der Waals surface area contributed by atoms with Crippen LogP contribution in [-0.4, -0.2) is 25.8 Å². The van der Waals surface area contributed by atoms with Crippen molar-refractivity contribution in [2.45, 2.75) is 32.9 Å². The molecule has 0 aromatic heterocycles. The van der Waals surface area contributed by atoms with Crippen LogP contribution in [0.25, 0.3) is 0 Å². The number of nitrogens with two attached hydrogens (primary N) is 1. The van der Waals surface area contributed by atoms with E-state index in [4.69, 9.17) is 19.9 Å². The molecule has 2 N–H and O–H groups in total. The number of methoxy groups -OCH3 is 1. The minimum Gasteiger partial charge on any atom is -0.497 e. The number of benzene rings is 1. The second kappa shape index (κ2) is 7.63. The monoisotopic (exact) mass is 267 g/mol. The van der Waals surface area contributed by atoms with Crippen LogP contribution in [-0.2, 0) is 16.1 Å². The molecule has 1 unspecified atom stereocenters. The maximum Gasteiger partial charge on any atom is 0.347 e. The van der Waals surface area contributed by atoms with Crippen molar-refractivity contribution in [2.24, 2.45) is 5.73 Å². The fourth-order valence-electron chi connectivity index (χ4n) is 1.63. The summed E-state index contributed by atoms with van der Waals surface area (Å²) in [4.78, 5) is 11.7. The van der Waals surface area contributed by atoms with E-state index < -0.39 is 6.10 Å². The van der Waals surface area contributed by atoms with Crippen molar-refractivity contribution >= 4 is 5.97 Å². The molecule has 0 spiro atoms. The van der Waals surface area contributed by atoms with E-state index in [9.17, 15) is 4.79 Å². The minimum absolute atomic E-state index is 0.332. The molecule has 0 saturated carbocycles. The second-order valence-corrected chi connectivity index (χ2v) is 3.94. The highest BCUT2D eigenvalue weighted by atomic mass is 16.6. The van der Waals surface area contributed by atoms with Crippen molar-refractivity contribution in [1.29, 1.82) is 0 Å². The zero-order chi connectivity index (χ0) is 14.3. The first-order valence-corrected chi connectivity index (χ1v) is 6.36. The van der Waals surface area contributed by atoms with E-state index in [2.05, 4.69) is 0 Å². The highest BCUT2D eigenvalue weighted by Gasteiger charge is 2.21. The summed E-state index contributed by atoms with van der Waals surface area (Å²) in [6, 6.07) is 5.36. The molecular weight excluding hydrogens is 246 g/mol. The predicted octanol–water partition coefficient (Wildman–Crippen LogP) is 1.87. The molecule has 0 amide bonds. The summed E-state index contributed by atoms with van der Waals surface area (Å²) in [5.41, 5.74) is 6.48. The van der Waals surface area contributed by atoms with Crippen molar-refractivity contribution in [3.63, 3.8) is 0 Å². The van der Waals surface area contributed by atoms with E-state index in [1.807, 2.05) is 13.0 Å². The lowest BCUT2D eigenvalue weighted by Crippen LogP contribution is -2.29. The molecule has 0 heterocycles. The summed E-state index contributed by atoms with van der Waals surface area (Å²) < 4.78 is 15.8. The molecule has 0 bridgehead atoms. The van der Waals surface area contributed by atoms with Crippen LogP contribution in [0.1, 0.15) is 25.8 Å². The van der Waals surface area contributed by atoms with Gasteiger partial charge in [-0.2, -0.15) is 0 Å². The zero-order valence-electron chi connectivity index (χ0n) is 11.6. The topological polar surface area (TPSA) is 70.8 Å². The summed E-state index contributed by atoms with van der Waals surface area (Å²) in [7, 11) is 1.57. The maximum atomic E-state index is 11.7. The Morgan fingerprint density at radius 2 is 2.11 bits per heavy atom. The molecule has 0 radical (unpaired) electrons. The van der Waals surface area contributed by atoms with Gasteiger partial charge in [0.2, 0.25) is 0 Å². The van der Waals surface area contributed by atoms with Gasteiger partial charge in [-0.1, -0.05) is 13.0 Å². The van der Waals surface area contributed by atoms with Gasteiger partial charge in [-0.25, -0.2) is 4.79 Å². The minimum atomic E-state index is -0.627. The fraction of sp³-hybridized carbons (Fsp3) is 0.500. The number of hydrogen-bond acceptors (Lipinski definition) is 5. The van der Waals surface area contributed by atoms with Crippen molar-refractivity contribution in [3.8, 4) is 11.5 Å².